The van der Waals surface area contributed by atoms with E-state index in [2.05, 4.69) is 4.36 Å². The summed E-state index contributed by atoms with van der Waals surface area (Å²) >= 11 is 0.253. The molecule has 0 N–H and O–H groups in total. The lowest BCUT2D eigenvalue weighted by Crippen LogP contribution is -1.75. The third-order valence-electron chi connectivity index (χ3n) is 1.50. The minimum Gasteiger partial charge on any atom is -0.191 e. The molecule has 0 saturated carbocycles. The van der Waals surface area contributed by atoms with Gasteiger partial charge in [-0.15, -0.1) is 0 Å². The molecule has 0 saturated heterocycles. The third kappa shape index (κ3) is 1.98. The van der Waals surface area contributed by atoms with Crippen LogP contribution >= 0.6 is 0 Å². The topological polar surface area (TPSA) is 29.4 Å². The Hall–Kier alpha value is -0.960. The van der Waals surface area contributed by atoms with Crippen LogP contribution in [0.1, 0.15) is 11.1 Å². The minimum absolute atomic E-state index is 0.253. The first-order valence-corrected chi connectivity index (χ1v) is 4.01. The van der Waals surface area contributed by atoms with Gasteiger partial charge in [-0.2, -0.15) is 8.57 Å². The molecule has 0 aliphatic carbocycles. The molecular weight excluding hydrogens is 158 g/mol. The lowest BCUT2D eigenvalue weighted by molar-refractivity contribution is 0.698. The average molecular weight is 167 g/mol. The van der Waals surface area contributed by atoms with E-state index in [1.54, 1.807) is 0 Å². The van der Waals surface area contributed by atoms with Crippen molar-refractivity contribution >= 4 is 17.2 Å². The van der Waals surface area contributed by atoms with Crippen molar-refractivity contribution in [1.29, 1.82) is 0 Å². The second-order valence-electron chi connectivity index (χ2n) is 2.46. The van der Waals surface area contributed by atoms with E-state index in [-0.39, 0.29) is 11.5 Å². The predicted octanol–water partition coefficient (Wildman–Crippen LogP) is 2.33. The van der Waals surface area contributed by atoms with Crippen molar-refractivity contribution in [2.75, 3.05) is 0 Å². The molecule has 0 spiro atoms. The van der Waals surface area contributed by atoms with Crippen molar-refractivity contribution in [2.24, 2.45) is 4.36 Å². The van der Waals surface area contributed by atoms with Gasteiger partial charge in [0, 0.05) is 0 Å². The van der Waals surface area contributed by atoms with Crippen LogP contribution in [0.4, 0.5) is 5.69 Å². The summed E-state index contributed by atoms with van der Waals surface area (Å²) < 4.78 is 13.8. The number of aryl methyl sites for hydroxylation is 2. The van der Waals surface area contributed by atoms with Gasteiger partial charge >= 0.3 is 0 Å². The fourth-order valence-corrected chi connectivity index (χ4v) is 1.13. The minimum atomic E-state index is 0.253. The van der Waals surface area contributed by atoms with E-state index in [0.717, 1.165) is 16.8 Å². The fraction of sp³-hybridized carbons (Fsp3) is 0.250. The molecule has 2 nitrogen and oxygen atoms in total. The van der Waals surface area contributed by atoms with Gasteiger partial charge in [0.2, 0.25) is 11.5 Å². The molecule has 3 heteroatoms. The van der Waals surface area contributed by atoms with E-state index in [1.165, 1.54) is 0 Å². The Kier molecular flexibility index (Phi) is 2.54. The lowest BCUT2D eigenvalue weighted by Gasteiger charge is -1.97. The summed E-state index contributed by atoms with van der Waals surface area (Å²) in [5.41, 5.74) is 2.95. The van der Waals surface area contributed by atoms with Crippen LogP contribution in [-0.4, -0.2) is 4.21 Å². The number of hydrogen-bond donors (Lipinski definition) is 0. The van der Waals surface area contributed by atoms with Gasteiger partial charge < -0.3 is 0 Å². The van der Waals surface area contributed by atoms with E-state index >= 15 is 0 Å². The van der Waals surface area contributed by atoms with Crippen molar-refractivity contribution in [3.63, 3.8) is 0 Å². The molecule has 0 atom stereocenters. The summed E-state index contributed by atoms with van der Waals surface area (Å²) in [6.07, 6.45) is 0. The Labute approximate surface area is 69.5 Å². The third-order valence-corrected chi connectivity index (χ3v) is 1.77. The molecule has 11 heavy (non-hydrogen) atoms. The smallest absolute Gasteiger partial charge is 0.191 e. The van der Waals surface area contributed by atoms with Crippen LogP contribution < -0.4 is 0 Å². The normalized spacial score (nSPS) is 9.27. The fourth-order valence-electron chi connectivity index (χ4n) is 0.858. The highest BCUT2D eigenvalue weighted by Crippen LogP contribution is 2.18. The maximum absolute atomic E-state index is 10.1. The highest BCUT2D eigenvalue weighted by atomic mass is 32.1. The first-order valence-electron chi connectivity index (χ1n) is 3.31. The number of nitrogens with zero attached hydrogens (tertiary/aromatic N) is 1. The van der Waals surface area contributed by atoms with Gasteiger partial charge in [0.15, 0.2) is 0 Å². The van der Waals surface area contributed by atoms with Gasteiger partial charge in [-0.3, -0.25) is 0 Å². The molecule has 0 radical (unpaired) electrons. The van der Waals surface area contributed by atoms with Crippen molar-refractivity contribution in [3.05, 3.63) is 29.3 Å². The van der Waals surface area contributed by atoms with Crippen LogP contribution in [0.2, 0.25) is 0 Å². The second-order valence-corrected chi connectivity index (χ2v) is 2.79. The monoisotopic (exact) mass is 167 g/mol. The molecule has 0 heterocycles. The lowest BCUT2D eigenvalue weighted by atomic mass is 10.1. The summed E-state index contributed by atoms with van der Waals surface area (Å²) in [7, 11) is 0. The van der Waals surface area contributed by atoms with Crippen molar-refractivity contribution in [3.8, 4) is 0 Å². The molecule has 58 valence electrons. The second kappa shape index (κ2) is 3.44. The molecule has 1 aromatic rings. The Morgan fingerprint density at radius 2 is 2.09 bits per heavy atom. The van der Waals surface area contributed by atoms with E-state index in [0.29, 0.717) is 0 Å². The van der Waals surface area contributed by atoms with Gasteiger partial charge in [0.05, 0.1) is 5.69 Å². The number of hydrogen-bond acceptors (Lipinski definition) is 2. The maximum Gasteiger partial charge on any atom is 0.205 e. The van der Waals surface area contributed by atoms with E-state index in [9.17, 15) is 4.21 Å². The van der Waals surface area contributed by atoms with Crippen molar-refractivity contribution in [2.45, 2.75) is 13.8 Å². The summed E-state index contributed by atoms with van der Waals surface area (Å²) in [5, 5.41) is 0. The Balaban J connectivity index is 3.22. The molecular formula is C8H9NOS. The van der Waals surface area contributed by atoms with Crippen molar-refractivity contribution in [1.82, 2.24) is 0 Å². The number of rotatable bonds is 1. The molecule has 0 amide bonds. The van der Waals surface area contributed by atoms with Crippen LogP contribution in [0, 0.1) is 13.8 Å². The molecule has 0 aromatic heterocycles. The largest absolute Gasteiger partial charge is 0.205 e. The summed E-state index contributed by atoms with van der Waals surface area (Å²) in [5.74, 6) is 0. The van der Waals surface area contributed by atoms with Gasteiger partial charge in [0.1, 0.15) is 0 Å². The first-order chi connectivity index (χ1) is 5.24. The predicted molar refractivity (Wildman–Crippen MR) is 46.1 cm³/mol. The zero-order chi connectivity index (χ0) is 8.27. The Morgan fingerprint density at radius 1 is 1.36 bits per heavy atom. The Bertz CT molecular complexity index is 316. The molecule has 1 aromatic carbocycles. The zero-order valence-electron chi connectivity index (χ0n) is 6.50. The molecule has 0 aliphatic rings. The van der Waals surface area contributed by atoms with Gasteiger partial charge in [0.25, 0.3) is 0 Å². The first kappa shape index (κ1) is 8.14. The quantitative estimate of drug-likeness (QED) is 0.631. The molecule has 0 bridgehead atoms. The van der Waals surface area contributed by atoms with E-state index in [4.69, 9.17) is 0 Å². The van der Waals surface area contributed by atoms with Crippen LogP contribution in [0.3, 0.4) is 0 Å². The van der Waals surface area contributed by atoms with Gasteiger partial charge in [-0.05, 0) is 31.0 Å². The summed E-state index contributed by atoms with van der Waals surface area (Å²) in [6.45, 7) is 3.92. The highest BCUT2D eigenvalue weighted by Gasteiger charge is 1.94. The zero-order valence-corrected chi connectivity index (χ0v) is 7.31. The van der Waals surface area contributed by atoms with Crippen LogP contribution in [-0.2, 0) is 11.5 Å². The maximum atomic E-state index is 10.1. The SMILES string of the molecule is Cc1ccc(C)c(N=S=O)c1. The van der Waals surface area contributed by atoms with Gasteiger partial charge in [-0.25, -0.2) is 0 Å². The number of benzene rings is 1. The molecule has 0 aliphatic heterocycles. The average Bonchev–Trinajstić information content (AvgIpc) is 1.98. The van der Waals surface area contributed by atoms with Crippen LogP contribution in [0.15, 0.2) is 22.6 Å². The standard InChI is InChI=1S/C8H9NOS/c1-6-3-4-7(2)8(5-6)9-11-10/h3-5H,1-2H3. The molecule has 1 rings (SSSR count). The summed E-state index contributed by atoms with van der Waals surface area (Å²) in [4.78, 5) is 0. The van der Waals surface area contributed by atoms with E-state index in [1.807, 2.05) is 32.0 Å². The van der Waals surface area contributed by atoms with E-state index < -0.39 is 0 Å². The molecule has 0 fully saturated rings. The highest BCUT2D eigenvalue weighted by molar-refractivity contribution is 7.54. The van der Waals surface area contributed by atoms with Crippen molar-refractivity contribution < 1.29 is 4.21 Å². The Morgan fingerprint density at radius 3 is 2.73 bits per heavy atom. The summed E-state index contributed by atoms with van der Waals surface area (Å²) in [6, 6.07) is 5.87. The molecule has 0 unspecified atom stereocenters. The van der Waals surface area contributed by atoms with Crippen LogP contribution in [0.25, 0.3) is 0 Å². The van der Waals surface area contributed by atoms with Crippen LogP contribution in [0.5, 0.6) is 0 Å². The van der Waals surface area contributed by atoms with Gasteiger partial charge in [-0.1, -0.05) is 12.1 Å².